The molecule has 0 saturated carbocycles. The molecule has 0 aliphatic carbocycles. The SMILES string of the molecule is CC(=O)c1c(C)[nH]c(C(=O)Cc2ccc(Nc3ccc(CC(=O)c4ccc(N5CCC(O)CC5)cc4)cc3)cc2)c1C. The number of nitrogens with one attached hydrogen (secondary N) is 2. The Hall–Kier alpha value is -4.49. The van der Waals surface area contributed by atoms with Gasteiger partial charge in [-0.3, -0.25) is 14.4 Å². The number of hydrogen-bond acceptors (Lipinski definition) is 6. The van der Waals surface area contributed by atoms with Crippen molar-refractivity contribution in [2.45, 2.75) is 52.6 Å². The minimum atomic E-state index is -0.208. The van der Waals surface area contributed by atoms with E-state index < -0.39 is 0 Å². The molecule has 2 heterocycles. The van der Waals surface area contributed by atoms with Crippen molar-refractivity contribution >= 4 is 34.4 Å². The highest BCUT2D eigenvalue weighted by molar-refractivity contribution is 6.04. The summed E-state index contributed by atoms with van der Waals surface area (Å²) in [6.45, 7) is 6.80. The van der Waals surface area contributed by atoms with Gasteiger partial charge < -0.3 is 20.3 Å². The van der Waals surface area contributed by atoms with E-state index in [0.29, 0.717) is 28.8 Å². The molecule has 3 aromatic carbocycles. The summed E-state index contributed by atoms with van der Waals surface area (Å²) in [6.07, 6.45) is 1.91. The van der Waals surface area contributed by atoms with Crippen LogP contribution in [0.15, 0.2) is 72.8 Å². The van der Waals surface area contributed by atoms with Gasteiger partial charge in [0.15, 0.2) is 17.3 Å². The third kappa shape index (κ3) is 6.69. The molecule has 0 atom stereocenters. The standard InChI is InChI=1S/C35H37N3O4/c1-22-34(24(3)39)23(2)36-35(22)33(42)21-26-6-12-29(13-7-26)37-28-10-4-25(5-11-28)20-32(41)27-8-14-30(15-9-27)38-18-16-31(40)17-19-38/h4-15,31,36-37,40H,16-21H2,1-3H3. The van der Waals surface area contributed by atoms with Gasteiger partial charge in [0.05, 0.1) is 11.8 Å². The van der Waals surface area contributed by atoms with E-state index in [1.807, 2.05) is 86.6 Å². The third-order valence-corrected chi connectivity index (χ3v) is 8.01. The molecule has 0 unspecified atom stereocenters. The fraction of sp³-hybridized carbons (Fsp3) is 0.286. The molecule has 0 bridgehead atoms. The summed E-state index contributed by atoms with van der Waals surface area (Å²) >= 11 is 0. The number of Topliss-reactive ketones (excluding diaryl/α,β-unsaturated/α-hetero) is 3. The first-order chi connectivity index (χ1) is 20.2. The number of benzene rings is 3. The van der Waals surface area contributed by atoms with Gasteiger partial charge in [0.2, 0.25) is 0 Å². The zero-order chi connectivity index (χ0) is 29.8. The highest BCUT2D eigenvalue weighted by atomic mass is 16.3. The van der Waals surface area contributed by atoms with Gasteiger partial charge in [-0.2, -0.15) is 0 Å². The van der Waals surface area contributed by atoms with E-state index in [-0.39, 0.29) is 29.9 Å². The Balaban J connectivity index is 1.14. The van der Waals surface area contributed by atoms with Crippen molar-refractivity contribution in [3.63, 3.8) is 0 Å². The summed E-state index contributed by atoms with van der Waals surface area (Å²) in [6, 6.07) is 23.3. The molecule has 1 aliphatic rings. The minimum absolute atomic E-state index is 0.0448. The minimum Gasteiger partial charge on any atom is -0.393 e. The Morgan fingerprint density at radius 2 is 1.33 bits per heavy atom. The average molecular weight is 564 g/mol. The molecule has 7 heteroatoms. The second-order valence-corrected chi connectivity index (χ2v) is 11.2. The van der Waals surface area contributed by atoms with E-state index in [2.05, 4.69) is 15.2 Å². The number of nitrogens with zero attached hydrogens (tertiary/aromatic N) is 1. The van der Waals surface area contributed by atoms with Gasteiger partial charge in [-0.05, 0) is 98.8 Å². The maximum atomic E-state index is 12.9. The lowest BCUT2D eigenvalue weighted by Gasteiger charge is -2.31. The molecule has 42 heavy (non-hydrogen) atoms. The number of H-pyrrole nitrogens is 1. The summed E-state index contributed by atoms with van der Waals surface area (Å²) < 4.78 is 0. The fourth-order valence-electron chi connectivity index (χ4n) is 5.68. The summed E-state index contributed by atoms with van der Waals surface area (Å²) in [5, 5.41) is 13.1. The smallest absolute Gasteiger partial charge is 0.183 e. The molecule has 4 aromatic rings. The first-order valence-electron chi connectivity index (χ1n) is 14.4. The number of aliphatic hydroxyl groups excluding tert-OH is 1. The van der Waals surface area contributed by atoms with Crippen molar-refractivity contribution in [1.29, 1.82) is 0 Å². The zero-order valence-corrected chi connectivity index (χ0v) is 24.4. The van der Waals surface area contributed by atoms with Crippen LogP contribution in [-0.2, 0) is 12.8 Å². The fourth-order valence-corrected chi connectivity index (χ4v) is 5.68. The van der Waals surface area contributed by atoms with E-state index in [9.17, 15) is 19.5 Å². The van der Waals surface area contributed by atoms with Crippen molar-refractivity contribution in [3.8, 4) is 0 Å². The lowest BCUT2D eigenvalue weighted by atomic mass is 10.0. The summed E-state index contributed by atoms with van der Waals surface area (Å²) in [4.78, 5) is 43.0. The van der Waals surface area contributed by atoms with Crippen LogP contribution in [0.1, 0.15) is 73.4 Å². The van der Waals surface area contributed by atoms with Crippen LogP contribution in [0.2, 0.25) is 0 Å². The van der Waals surface area contributed by atoms with Crippen LogP contribution in [0.25, 0.3) is 0 Å². The molecule has 216 valence electrons. The molecule has 3 N–H and O–H groups in total. The Bertz CT molecular complexity index is 1580. The molecular weight excluding hydrogens is 526 g/mol. The average Bonchev–Trinajstić information content (AvgIpc) is 3.29. The van der Waals surface area contributed by atoms with Gasteiger partial charge in [-0.15, -0.1) is 0 Å². The quantitative estimate of drug-likeness (QED) is 0.193. The maximum Gasteiger partial charge on any atom is 0.183 e. The number of carbonyl (C=O) groups is 3. The first-order valence-corrected chi connectivity index (χ1v) is 14.4. The van der Waals surface area contributed by atoms with Gasteiger partial charge in [-0.25, -0.2) is 0 Å². The lowest BCUT2D eigenvalue weighted by Crippen LogP contribution is -2.35. The largest absolute Gasteiger partial charge is 0.393 e. The Kier molecular flexibility index (Phi) is 8.69. The van der Waals surface area contributed by atoms with E-state index in [1.165, 1.54) is 6.92 Å². The normalized spacial score (nSPS) is 13.7. The van der Waals surface area contributed by atoms with Gasteiger partial charge in [0.1, 0.15) is 0 Å². The number of aliphatic hydroxyl groups is 1. The molecular formula is C35H37N3O4. The van der Waals surface area contributed by atoms with Crippen LogP contribution >= 0.6 is 0 Å². The highest BCUT2D eigenvalue weighted by Gasteiger charge is 2.20. The maximum absolute atomic E-state index is 12.9. The molecule has 0 radical (unpaired) electrons. The number of aromatic amines is 1. The van der Waals surface area contributed by atoms with Crippen molar-refractivity contribution in [1.82, 2.24) is 4.98 Å². The van der Waals surface area contributed by atoms with E-state index in [4.69, 9.17) is 0 Å². The van der Waals surface area contributed by atoms with Crippen molar-refractivity contribution in [2.75, 3.05) is 23.3 Å². The Morgan fingerprint density at radius 3 is 1.83 bits per heavy atom. The molecule has 1 saturated heterocycles. The van der Waals surface area contributed by atoms with Crippen LogP contribution in [0.3, 0.4) is 0 Å². The van der Waals surface area contributed by atoms with E-state index in [0.717, 1.165) is 59.8 Å². The molecule has 0 amide bonds. The van der Waals surface area contributed by atoms with Crippen LogP contribution in [0.4, 0.5) is 17.1 Å². The number of carbonyl (C=O) groups excluding carboxylic acids is 3. The summed E-state index contributed by atoms with van der Waals surface area (Å²) in [7, 11) is 0. The number of hydrogen-bond donors (Lipinski definition) is 3. The lowest BCUT2D eigenvalue weighted by molar-refractivity contribution is 0.0982. The number of aryl methyl sites for hydroxylation is 1. The number of aromatic nitrogens is 1. The third-order valence-electron chi connectivity index (χ3n) is 8.01. The molecule has 1 fully saturated rings. The highest BCUT2D eigenvalue weighted by Crippen LogP contribution is 2.24. The monoisotopic (exact) mass is 563 g/mol. The van der Waals surface area contributed by atoms with Gasteiger partial charge in [-0.1, -0.05) is 24.3 Å². The van der Waals surface area contributed by atoms with Crippen LogP contribution in [0, 0.1) is 13.8 Å². The van der Waals surface area contributed by atoms with Gasteiger partial charge >= 0.3 is 0 Å². The predicted molar refractivity (Wildman–Crippen MR) is 166 cm³/mol. The second-order valence-electron chi connectivity index (χ2n) is 11.2. The van der Waals surface area contributed by atoms with Crippen molar-refractivity contribution in [2.24, 2.45) is 0 Å². The van der Waals surface area contributed by atoms with Crippen LogP contribution in [0.5, 0.6) is 0 Å². The van der Waals surface area contributed by atoms with Crippen molar-refractivity contribution in [3.05, 3.63) is 112 Å². The number of ketones is 3. The molecule has 1 aromatic heterocycles. The van der Waals surface area contributed by atoms with E-state index >= 15 is 0 Å². The van der Waals surface area contributed by atoms with Crippen molar-refractivity contribution < 1.29 is 19.5 Å². The van der Waals surface area contributed by atoms with Gasteiger partial charge in [0, 0.05) is 59.8 Å². The first kappa shape index (κ1) is 29.0. The molecule has 1 aliphatic heterocycles. The summed E-state index contributed by atoms with van der Waals surface area (Å²) in [5.41, 5.74) is 7.93. The zero-order valence-electron chi connectivity index (χ0n) is 24.4. The predicted octanol–water partition coefficient (Wildman–Crippen LogP) is 6.39. The number of rotatable bonds is 10. The number of piperidine rings is 1. The van der Waals surface area contributed by atoms with Crippen LogP contribution < -0.4 is 10.2 Å². The Labute approximate surface area is 246 Å². The molecule has 0 spiro atoms. The van der Waals surface area contributed by atoms with Gasteiger partial charge in [0.25, 0.3) is 0 Å². The Morgan fingerprint density at radius 1 is 0.810 bits per heavy atom. The molecule has 7 nitrogen and oxygen atoms in total. The molecule has 5 rings (SSSR count). The summed E-state index contributed by atoms with van der Waals surface area (Å²) in [5.74, 6) is -0.0205. The topological polar surface area (TPSA) is 102 Å². The second kappa shape index (κ2) is 12.6. The number of anilines is 3. The van der Waals surface area contributed by atoms with E-state index in [1.54, 1.807) is 0 Å². The van der Waals surface area contributed by atoms with Crippen LogP contribution in [-0.4, -0.2) is 46.6 Å².